The third-order valence-corrected chi connectivity index (χ3v) is 6.83. The summed E-state index contributed by atoms with van der Waals surface area (Å²) in [5.41, 5.74) is 6.34. The van der Waals surface area contributed by atoms with Gasteiger partial charge in [0.25, 0.3) is 0 Å². The Hall–Kier alpha value is -4.04. The molecule has 3 heterocycles. The number of nitrogens with one attached hydrogen (secondary N) is 1. The Labute approximate surface area is 171 Å². The number of aromatic amines is 1. The van der Waals surface area contributed by atoms with Crippen LogP contribution < -0.4 is 0 Å². The van der Waals surface area contributed by atoms with Crippen molar-refractivity contribution in [2.45, 2.75) is 0 Å². The van der Waals surface area contributed by atoms with E-state index < -0.39 is 0 Å². The van der Waals surface area contributed by atoms with Gasteiger partial charge in [0.15, 0.2) is 0 Å². The molecular weight excluding hydrogens is 364 g/mol. The first-order valence-corrected chi connectivity index (χ1v) is 10.4. The van der Waals surface area contributed by atoms with Crippen LogP contribution in [0.3, 0.4) is 0 Å². The summed E-state index contributed by atoms with van der Waals surface area (Å²) in [6.45, 7) is 0. The van der Waals surface area contributed by atoms with Gasteiger partial charge in [-0.1, -0.05) is 72.8 Å². The topological polar surface area (TPSA) is 20.2 Å². The Balaban J connectivity index is 1.82. The largest absolute Gasteiger partial charge is 0.354 e. The summed E-state index contributed by atoms with van der Waals surface area (Å²) < 4.78 is 2.49. The van der Waals surface area contributed by atoms with Crippen LogP contribution in [0.5, 0.6) is 0 Å². The molecule has 0 spiro atoms. The van der Waals surface area contributed by atoms with Gasteiger partial charge in [0.1, 0.15) is 0 Å². The van der Waals surface area contributed by atoms with Crippen LogP contribution in [0.1, 0.15) is 0 Å². The van der Waals surface area contributed by atoms with Crippen molar-refractivity contribution in [3.63, 3.8) is 0 Å². The van der Waals surface area contributed by atoms with Crippen molar-refractivity contribution < 1.29 is 0 Å². The van der Waals surface area contributed by atoms with Crippen molar-refractivity contribution >= 4 is 70.7 Å². The third kappa shape index (κ3) is 1.56. The molecule has 3 aromatic heterocycles. The zero-order chi connectivity index (χ0) is 19.4. The van der Waals surface area contributed by atoms with Gasteiger partial charge in [-0.25, -0.2) is 0 Å². The van der Waals surface area contributed by atoms with E-state index in [1.807, 2.05) is 0 Å². The molecule has 0 bridgehead atoms. The molecule has 8 rings (SSSR count). The molecule has 0 radical (unpaired) electrons. The highest BCUT2D eigenvalue weighted by molar-refractivity contribution is 6.35. The van der Waals surface area contributed by atoms with Crippen LogP contribution in [0.4, 0.5) is 0 Å². The SMILES string of the molecule is c1ccc2c(c1)ccc1c3cc4c5ccccc5[nH]c4c4c5ccccc5n(c21)c34. The Morgan fingerprint density at radius 3 is 2.23 bits per heavy atom. The Bertz CT molecular complexity index is 1940. The van der Waals surface area contributed by atoms with E-state index in [1.165, 1.54) is 70.7 Å². The lowest BCUT2D eigenvalue weighted by atomic mass is 10.0. The molecule has 0 saturated carbocycles. The van der Waals surface area contributed by atoms with E-state index in [0.717, 1.165) is 0 Å². The fourth-order valence-corrected chi connectivity index (χ4v) is 5.62. The number of aromatic nitrogens is 2. The molecule has 30 heavy (non-hydrogen) atoms. The normalized spacial score (nSPS) is 12.7. The summed E-state index contributed by atoms with van der Waals surface area (Å²) in [5.74, 6) is 0. The molecule has 0 fully saturated rings. The minimum Gasteiger partial charge on any atom is -0.354 e. The number of H-pyrrole nitrogens is 1. The van der Waals surface area contributed by atoms with Crippen LogP contribution in [0, 0.1) is 0 Å². The fraction of sp³-hybridized carbons (Fsp3) is 0. The van der Waals surface area contributed by atoms with Crippen LogP contribution in [0.15, 0.2) is 91.0 Å². The average Bonchev–Trinajstić information content (AvgIpc) is 3.44. The molecule has 0 saturated heterocycles. The van der Waals surface area contributed by atoms with E-state index in [0.29, 0.717) is 0 Å². The van der Waals surface area contributed by atoms with Crippen LogP contribution >= 0.6 is 0 Å². The number of rotatable bonds is 0. The molecule has 0 aliphatic rings. The quantitative estimate of drug-likeness (QED) is 0.279. The van der Waals surface area contributed by atoms with Crippen LogP contribution in [-0.2, 0) is 0 Å². The van der Waals surface area contributed by atoms with E-state index >= 15 is 0 Å². The highest BCUT2D eigenvalue weighted by Gasteiger charge is 2.22. The minimum absolute atomic E-state index is 1.20. The molecule has 0 atom stereocenters. The van der Waals surface area contributed by atoms with E-state index in [9.17, 15) is 0 Å². The number of nitrogens with zero attached hydrogens (tertiary/aromatic N) is 1. The van der Waals surface area contributed by atoms with E-state index in [-0.39, 0.29) is 0 Å². The summed E-state index contributed by atoms with van der Waals surface area (Å²) in [6.07, 6.45) is 0. The van der Waals surface area contributed by atoms with Crippen LogP contribution in [0.2, 0.25) is 0 Å². The summed E-state index contributed by atoms with van der Waals surface area (Å²) in [5, 5.41) is 10.5. The Morgan fingerprint density at radius 2 is 1.30 bits per heavy atom. The molecule has 5 aromatic carbocycles. The summed E-state index contributed by atoms with van der Waals surface area (Å²) in [6, 6.07) is 33.1. The zero-order valence-corrected chi connectivity index (χ0v) is 16.1. The first-order chi connectivity index (χ1) is 14.9. The highest BCUT2D eigenvalue weighted by Crippen LogP contribution is 2.45. The number of hydrogen-bond donors (Lipinski definition) is 1. The van der Waals surface area contributed by atoms with Crippen molar-refractivity contribution in [1.82, 2.24) is 9.38 Å². The Kier molecular flexibility index (Phi) is 2.44. The van der Waals surface area contributed by atoms with Crippen molar-refractivity contribution in [1.29, 1.82) is 0 Å². The first kappa shape index (κ1) is 14.9. The molecule has 1 N–H and O–H groups in total. The van der Waals surface area contributed by atoms with Crippen molar-refractivity contribution in [2.24, 2.45) is 0 Å². The van der Waals surface area contributed by atoms with Gasteiger partial charge in [0, 0.05) is 43.2 Å². The molecule has 0 aliphatic carbocycles. The lowest BCUT2D eigenvalue weighted by molar-refractivity contribution is 1.38. The molecule has 0 amide bonds. The molecule has 138 valence electrons. The molecule has 2 heteroatoms. The molecule has 8 aromatic rings. The van der Waals surface area contributed by atoms with Gasteiger partial charge in [-0.2, -0.15) is 0 Å². The predicted molar refractivity (Wildman–Crippen MR) is 128 cm³/mol. The van der Waals surface area contributed by atoms with Crippen LogP contribution in [-0.4, -0.2) is 9.38 Å². The van der Waals surface area contributed by atoms with E-state index in [2.05, 4.69) is 100 Å². The van der Waals surface area contributed by atoms with Gasteiger partial charge in [-0.3, -0.25) is 0 Å². The first-order valence-electron chi connectivity index (χ1n) is 10.4. The predicted octanol–water partition coefficient (Wildman–Crippen LogP) is 7.62. The zero-order valence-electron chi connectivity index (χ0n) is 16.1. The molecular formula is C28H16N2. The van der Waals surface area contributed by atoms with Gasteiger partial charge in [-0.15, -0.1) is 0 Å². The maximum atomic E-state index is 3.73. The second-order valence-electron chi connectivity index (χ2n) is 8.28. The van der Waals surface area contributed by atoms with Gasteiger partial charge in [-0.05, 0) is 23.6 Å². The van der Waals surface area contributed by atoms with Gasteiger partial charge >= 0.3 is 0 Å². The average molecular weight is 380 g/mol. The summed E-state index contributed by atoms with van der Waals surface area (Å²) in [4.78, 5) is 3.73. The maximum Gasteiger partial charge on any atom is 0.0642 e. The number of fused-ring (bicyclic) bond motifs is 12. The third-order valence-electron chi connectivity index (χ3n) is 6.83. The monoisotopic (exact) mass is 380 g/mol. The van der Waals surface area contributed by atoms with Crippen molar-refractivity contribution in [3.8, 4) is 0 Å². The molecule has 2 nitrogen and oxygen atoms in total. The summed E-state index contributed by atoms with van der Waals surface area (Å²) >= 11 is 0. The lowest BCUT2D eigenvalue weighted by Crippen LogP contribution is -1.82. The van der Waals surface area contributed by atoms with Crippen LogP contribution in [0.25, 0.3) is 70.7 Å². The van der Waals surface area contributed by atoms with Gasteiger partial charge < -0.3 is 9.38 Å². The number of para-hydroxylation sites is 2. The highest BCUT2D eigenvalue weighted by atomic mass is 14.9. The van der Waals surface area contributed by atoms with Gasteiger partial charge in [0.2, 0.25) is 0 Å². The van der Waals surface area contributed by atoms with Crippen molar-refractivity contribution in [2.75, 3.05) is 0 Å². The minimum atomic E-state index is 1.20. The molecule has 0 aliphatic heterocycles. The fourth-order valence-electron chi connectivity index (χ4n) is 5.62. The number of benzene rings is 5. The van der Waals surface area contributed by atoms with Gasteiger partial charge in [0.05, 0.1) is 22.1 Å². The maximum absolute atomic E-state index is 3.73. The second kappa shape index (κ2) is 4.92. The molecule has 0 unspecified atom stereocenters. The Morgan fingerprint density at radius 1 is 0.533 bits per heavy atom. The van der Waals surface area contributed by atoms with Crippen molar-refractivity contribution in [3.05, 3.63) is 91.0 Å². The second-order valence-corrected chi connectivity index (χ2v) is 8.28. The number of hydrogen-bond acceptors (Lipinski definition) is 0. The summed E-state index contributed by atoms with van der Waals surface area (Å²) in [7, 11) is 0. The standard InChI is InChI=1S/C28H16N2/c1-2-8-17-16(7-1)13-14-19-22-15-21-18-9-3-5-11-23(18)29-26(21)25-20-10-4-6-12-24(20)30(27(17)19)28(22)25/h1-15,29H. The van der Waals surface area contributed by atoms with E-state index in [1.54, 1.807) is 0 Å². The lowest BCUT2D eigenvalue weighted by Gasteiger charge is -2.03. The van der Waals surface area contributed by atoms with E-state index in [4.69, 9.17) is 0 Å². The smallest absolute Gasteiger partial charge is 0.0642 e.